The maximum absolute atomic E-state index is 11.2. The second-order valence-corrected chi connectivity index (χ2v) is 8.45. The molecule has 1 N–H and O–H groups in total. The third-order valence-corrected chi connectivity index (χ3v) is 6.01. The average Bonchev–Trinajstić information content (AvgIpc) is 3.26. The summed E-state index contributed by atoms with van der Waals surface area (Å²) in [4.78, 5) is 17.2. The van der Waals surface area contributed by atoms with Crippen LogP contribution in [-0.2, 0) is 6.42 Å². The standard InChI is InChI=1S/C24H35N3O3/c1-2-3-4-5-6-7-8-9-11-19-13-15-20(16-14-19)22-25-23(30-26-22)21-12-10-17-27(18-21)24(28)29/h13-16,21H,2-12,17-18H2,1H3,(H,28,29)/t21-/m1/s1. The lowest BCUT2D eigenvalue weighted by atomic mass is 9.98. The van der Waals surface area contributed by atoms with E-state index in [0.29, 0.717) is 24.8 Å². The number of aromatic nitrogens is 2. The normalized spacial score (nSPS) is 16.7. The fourth-order valence-corrected chi connectivity index (χ4v) is 4.15. The Morgan fingerprint density at radius 2 is 1.80 bits per heavy atom. The number of carbonyl (C=O) groups is 1. The number of carboxylic acid groups (broad SMARTS) is 1. The summed E-state index contributed by atoms with van der Waals surface area (Å²) in [5.41, 5.74) is 2.29. The second kappa shape index (κ2) is 11.7. The highest BCUT2D eigenvalue weighted by Crippen LogP contribution is 2.27. The van der Waals surface area contributed by atoms with Crippen molar-refractivity contribution in [3.05, 3.63) is 35.7 Å². The minimum Gasteiger partial charge on any atom is -0.465 e. The molecule has 0 spiro atoms. The summed E-state index contributed by atoms with van der Waals surface area (Å²) >= 11 is 0. The SMILES string of the molecule is CCCCCCCCCCc1ccc(-c2noc([C@@H]3CCCN(C(=O)O)C3)n2)cc1. The molecular formula is C24H35N3O3. The van der Waals surface area contributed by atoms with Gasteiger partial charge in [-0.1, -0.05) is 81.3 Å². The van der Waals surface area contributed by atoms with Crippen molar-refractivity contribution in [2.45, 2.75) is 83.5 Å². The van der Waals surface area contributed by atoms with Crippen molar-refractivity contribution >= 4 is 6.09 Å². The molecule has 0 saturated carbocycles. The molecule has 2 heterocycles. The molecule has 0 bridgehead atoms. The van der Waals surface area contributed by atoms with E-state index in [1.807, 2.05) is 0 Å². The summed E-state index contributed by atoms with van der Waals surface area (Å²) in [5.74, 6) is 1.10. The lowest BCUT2D eigenvalue weighted by Crippen LogP contribution is -2.38. The molecule has 164 valence electrons. The molecule has 1 aliphatic heterocycles. The van der Waals surface area contributed by atoms with Crippen LogP contribution in [0.15, 0.2) is 28.8 Å². The van der Waals surface area contributed by atoms with Gasteiger partial charge in [0.25, 0.3) is 0 Å². The lowest BCUT2D eigenvalue weighted by molar-refractivity contribution is 0.126. The van der Waals surface area contributed by atoms with Gasteiger partial charge >= 0.3 is 6.09 Å². The van der Waals surface area contributed by atoms with Gasteiger partial charge < -0.3 is 14.5 Å². The fraction of sp³-hybridized carbons (Fsp3) is 0.625. The maximum Gasteiger partial charge on any atom is 0.407 e. The van der Waals surface area contributed by atoms with E-state index in [4.69, 9.17) is 4.52 Å². The Hall–Kier alpha value is -2.37. The molecule has 1 aromatic carbocycles. The van der Waals surface area contributed by atoms with Crippen LogP contribution in [0.25, 0.3) is 11.4 Å². The molecular weight excluding hydrogens is 378 g/mol. The molecule has 30 heavy (non-hydrogen) atoms. The number of piperidine rings is 1. The van der Waals surface area contributed by atoms with Crippen molar-refractivity contribution in [2.24, 2.45) is 0 Å². The number of likely N-dealkylation sites (tertiary alicyclic amines) is 1. The molecule has 6 nitrogen and oxygen atoms in total. The Kier molecular flexibility index (Phi) is 8.72. The molecule has 1 atom stereocenters. The number of nitrogens with zero attached hydrogens (tertiary/aromatic N) is 3. The van der Waals surface area contributed by atoms with Crippen LogP contribution < -0.4 is 0 Å². The predicted octanol–water partition coefficient (Wildman–Crippen LogP) is 6.28. The van der Waals surface area contributed by atoms with E-state index in [1.165, 1.54) is 61.8 Å². The lowest BCUT2D eigenvalue weighted by Gasteiger charge is -2.28. The van der Waals surface area contributed by atoms with E-state index in [0.717, 1.165) is 24.8 Å². The molecule has 3 rings (SSSR count). The molecule has 0 unspecified atom stereocenters. The minimum atomic E-state index is -0.883. The molecule has 0 radical (unpaired) electrons. The number of aryl methyl sites for hydroxylation is 1. The van der Waals surface area contributed by atoms with Gasteiger partial charge in [0, 0.05) is 18.7 Å². The Balaban J connectivity index is 1.44. The Morgan fingerprint density at radius 3 is 2.50 bits per heavy atom. The van der Waals surface area contributed by atoms with Gasteiger partial charge in [-0.25, -0.2) is 4.79 Å². The van der Waals surface area contributed by atoms with Gasteiger partial charge in [0.1, 0.15) is 0 Å². The van der Waals surface area contributed by atoms with E-state index in [9.17, 15) is 9.90 Å². The summed E-state index contributed by atoms with van der Waals surface area (Å²) < 4.78 is 5.46. The zero-order valence-corrected chi connectivity index (χ0v) is 18.2. The first-order valence-corrected chi connectivity index (χ1v) is 11.6. The first-order chi connectivity index (χ1) is 14.7. The highest BCUT2D eigenvalue weighted by atomic mass is 16.5. The number of benzene rings is 1. The molecule has 1 aromatic heterocycles. The van der Waals surface area contributed by atoms with E-state index < -0.39 is 6.09 Å². The Morgan fingerprint density at radius 1 is 1.10 bits per heavy atom. The van der Waals surface area contributed by atoms with Crippen LogP contribution in [0, 0.1) is 0 Å². The molecule has 6 heteroatoms. The number of unbranched alkanes of at least 4 members (excludes halogenated alkanes) is 7. The highest BCUT2D eigenvalue weighted by molar-refractivity contribution is 5.65. The van der Waals surface area contributed by atoms with Gasteiger partial charge in [0.2, 0.25) is 11.7 Å². The van der Waals surface area contributed by atoms with Crippen LogP contribution in [-0.4, -0.2) is 39.3 Å². The second-order valence-electron chi connectivity index (χ2n) is 8.45. The third kappa shape index (κ3) is 6.57. The number of hydrogen-bond donors (Lipinski definition) is 1. The summed E-state index contributed by atoms with van der Waals surface area (Å²) in [5, 5.41) is 13.3. The fourth-order valence-electron chi connectivity index (χ4n) is 4.15. The number of rotatable bonds is 11. The van der Waals surface area contributed by atoms with E-state index >= 15 is 0 Å². The number of hydrogen-bond acceptors (Lipinski definition) is 4. The molecule has 0 aliphatic carbocycles. The molecule has 1 amide bonds. The smallest absolute Gasteiger partial charge is 0.407 e. The van der Waals surface area contributed by atoms with Crippen LogP contribution in [0.5, 0.6) is 0 Å². The van der Waals surface area contributed by atoms with Crippen LogP contribution >= 0.6 is 0 Å². The monoisotopic (exact) mass is 413 g/mol. The molecule has 1 fully saturated rings. The molecule has 2 aromatic rings. The largest absolute Gasteiger partial charge is 0.465 e. The third-order valence-electron chi connectivity index (χ3n) is 6.01. The summed E-state index contributed by atoms with van der Waals surface area (Å²) in [6.45, 7) is 3.26. The van der Waals surface area contributed by atoms with Crippen molar-refractivity contribution in [2.75, 3.05) is 13.1 Å². The summed E-state index contributed by atoms with van der Waals surface area (Å²) in [6, 6.07) is 8.41. The van der Waals surface area contributed by atoms with Gasteiger partial charge in [0.05, 0.1) is 5.92 Å². The minimum absolute atomic E-state index is 0.0163. The first kappa shape index (κ1) is 22.3. The molecule has 1 saturated heterocycles. The van der Waals surface area contributed by atoms with E-state index in [-0.39, 0.29) is 5.92 Å². The van der Waals surface area contributed by atoms with Crippen LogP contribution in [0.4, 0.5) is 4.79 Å². The number of amides is 1. The van der Waals surface area contributed by atoms with Gasteiger partial charge in [-0.05, 0) is 31.2 Å². The Bertz CT molecular complexity index is 772. The zero-order valence-electron chi connectivity index (χ0n) is 18.2. The molecule has 1 aliphatic rings. The Labute approximate surface area is 179 Å². The van der Waals surface area contributed by atoms with Crippen LogP contribution in [0.3, 0.4) is 0 Å². The van der Waals surface area contributed by atoms with Crippen molar-refractivity contribution in [3.63, 3.8) is 0 Å². The van der Waals surface area contributed by atoms with E-state index in [2.05, 4.69) is 41.3 Å². The highest BCUT2D eigenvalue weighted by Gasteiger charge is 2.28. The van der Waals surface area contributed by atoms with Crippen molar-refractivity contribution in [1.82, 2.24) is 15.0 Å². The quantitative estimate of drug-likeness (QED) is 0.439. The van der Waals surface area contributed by atoms with Crippen molar-refractivity contribution < 1.29 is 14.4 Å². The maximum atomic E-state index is 11.2. The van der Waals surface area contributed by atoms with Gasteiger partial charge in [-0.2, -0.15) is 4.98 Å². The average molecular weight is 414 g/mol. The van der Waals surface area contributed by atoms with Crippen LogP contribution in [0.2, 0.25) is 0 Å². The van der Waals surface area contributed by atoms with Crippen molar-refractivity contribution in [3.8, 4) is 11.4 Å². The van der Waals surface area contributed by atoms with Gasteiger partial charge in [0.15, 0.2) is 0 Å². The van der Waals surface area contributed by atoms with Crippen molar-refractivity contribution in [1.29, 1.82) is 0 Å². The predicted molar refractivity (Wildman–Crippen MR) is 118 cm³/mol. The first-order valence-electron chi connectivity index (χ1n) is 11.6. The topological polar surface area (TPSA) is 79.5 Å². The summed E-state index contributed by atoms with van der Waals surface area (Å²) in [7, 11) is 0. The van der Waals surface area contributed by atoms with Crippen LogP contribution in [0.1, 0.15) is 88.5 Å². The van der Waals surface area contributed by atoms with E-state index in [1.54, 1.807) is 0 Å². The van der Waals surface area contributed by atoms with Gasteiger partial charge in [-0.15, -0.1) is 0 Å². The van der Waals surface area contributed by atoms with Gasteiger partial charge in [-0.3, -0.25) is 0 Å². The summed E-state index contributed by atoms with van der Waals surface area (Å²) in [6.07, 6.45) is 12.6. The zero-order chi connectivity index (χ0) is 21.2.